The Morgan fingerprint density at radius 1 is 1.38 bits per heavy atom. The van der Waals surface area contributed by atoms with E-state index in [1.54, 1.807) is 6.07 Å². The number of rotatable bonds is 1. The number of benzene rings is 1. The predicted molar refractivity (Wildman–Crippen MR) is 54.1 cm³/mol. The summed E-state index contributed by atoms with van der Waals surface area (Å²) in [6, 6.07) is 3.72. The van der Waals surface area contributed by atoms with Gasteiger partial charge in [0, 0.05) is 5.39 Å². The first-order chi connectivity index (χ1) is 6.22. The Hall–Kier alpha value is -1.06. The first-order valence-electron chi connectivity index (χ1n) is 4.03. The summed E-state index contributed by atoms with van der Waals surface area (Å²) >= 11 is 1.46. The lowest BCUT2D eigenvalue weighted by Gasteiger charge is -1.98. The molecule has 1 heterocycles. The molecule has 0 aliphatic rings. The molecule has 2 nitrogen and oxygen atoms in total. The number of thiophene rings is 1. The summed E-state index contributed by atoms with van der Waals surface area (Å²) in [6.45, 7) is 1.96. The number of hydrogen-bond acceptors (Lipinski definition) is 3. The van der Waals surface area contributed by atoms with E-state index in [4.69, 9.17) is 5.11 Å². The quantitative estimate of drug-likeness (QED) is 0.731. The summed E-state index contributed by atoms with van der Waals surface area (Å²) in [5.41, 5.74) is 1.90. The van der Waals surface area contributed by atoms with Gasteiger partial charge in [-0.3, -0.25) is 0 Å². The summed E-state index contributed by atoms with van der Waals surface area (Å²) in [5, 5.41) is 21.5. The zero-order valence-corrected chi connectivity index (χ0v) is 8.06. The lowest BCUT2D eigenvalue weighted by molar-refractivity contribution is 0.284. The second-order valence-electron chi connectivity index (χ2n) is 3.08. The largest absolute Gasteiger partial charge is 0.506 e. The van der Waals surface area contributed by atoms with E-state index in [0.29, 0.717) is 5.75 Å². The number of aliphatic hydroxyl groups excluding tert-OH is 1. The van der Waals surface area contributed by atoms with Crippen molar-refractivity contribution in [3.8, 4) is 5.75 Å². The molecule has 0 bridgehead atoms. The summed E-state index contributed by atoms with van der Waals surface area (Å²) in [6.07, 6.45) is 0. The van der Waals surface area contributed by atoms with Gasteiger partial charge in [-0.2, -0.15) is 0 Å². The Bertz CT molecular complexity index is 445. The van der Waals surface area contributed by atoms with Crippen molar-refractivity contribution in [2.45, 2.75) is 13.5 Å². The molecule has 2 N–H and O–H groups in total. The number of phenolic OH excluding ortho intramolecular Hbond substituents is 1. The number of aromatic hydroxyl groups is 1. The molecular formula is C10H10O2S. The average Bonchev–Trinajstić information content (AvgIpc) is 2.47. The Balaban J connectivity index is 2.82. The maximum absolute atomic E-state index is 9.59. The highest BCUT2D eigenvalue weighted by molar-refractivity contribution is 7.17. The van der Waals surface area contributed by atoms with Crippen LogP contribution in [0.1, 0.15) is 11.1 Å². The average molecular weight is 194 g/mol. The third-order valence-corrected chi connectivity index (χ3v) is 3.12. The molecule has 0 fully saturated rings. The fourth-order valence-electron chi connectivity index (χ4n) is 1.43. The lowest BCUT2D eigenvalue weighted by Crippen LogP contribution is -1.80. The zero-order chi connectivity index (χ0) is 9.42. The van der Waals surface area contributed by atoms with Gasteiger partial charge >= 0.3 is 0 Å². The summed E-state index contributed by atoms with van der Waals surface area (Å²) in [4.78, 5) is 0. The minimum Gasteiger partial charge on any atom is -0.506 e. The molecular weight excluding hydrogens is 184 g/mol. The van der Waals surface area contributed by atoms with Crippen molar-refractivity contribution >= 4 is 21.4 Å². The van der Waals surface area contributed by atoms with Gasteiger partial charge in [-0.25, -0.2) is 0 Å². The van der Waals surface area contributed by atoms with Crippen molar-refractivity contribution in [2.75, 3.05) is 0 Å². The van der Waals surface area contributed by atoms with Crippen LogP contribution in [0.4, 0.5) is 0 Å². The molecule has 1 aromatic heterocycles. The monoisotopic (exact) mass is 194 g/mol. The van der Waals surface area contributed by atoms with Crippen molar-refractivity contribution in [3.05, 3.63) is 28.6 Å². The summed E-state index contributed by atoms with van der Waals surface area (Å²) in [5.74, 6) is 0.305. The number of aliphatic hydroxyl groups is 1. The summed E-state index contributed by atoms with van der Waals surface area (Å²) in [7, 11) is 0. The van der Waals surface area contributed by atoms with Crippen LogP contribution in [-0.2, 0) is 6.61 Å². The zero-order valence-electron chi connectivity index (χ0n) is 7.24. The molecule has 2 aromatic rings. The van der Waals surface area contributed by atoms with Crippen LogP contribution in [0.2, 0.25) is 0 Å². The van der Waals surface area contributed by atoms with Gasteiger partial charge in [0.15, 0.2) is 0 Å². The molecule has 13 heavy (non-hydrogen) atoms. The molecule has 0 aliphatic heterocycles. The highest BCUT2D eigenvalue weighted by atomic mass is 32.1. The van der Waals surface area contributed by atoms with Crippen LogP contribution in [0.15, 0.2) is 17.5 Å². The van der Waals surface area contributed by atoms with E-state index in [1.807, 2.05) is 18.4 Å². The van der Waals surface area contributed by atoms with Gasteiger partial charge in [0.1, 0.15) is 5.75 Å². The molecule has 68 valence electrons. The van der Waals surface area contributed by atoms with Crippen LogP contribution in [0.25, 0.3) is 10.1 Å². The second kappa shape index (κ2) is 3.01. The fraction of sp³-hybridized carbons (Fsp3) is 0.200. The highest BCUT2D eigenvalue weighted by Gasteiger charge is 2.07. The number of fused-ring (bicyclic) bond motifs is 1. The molecule has 2 rings (SSSR count). The minimum atomic E-state index is 0.0306. The Morgan fingerprint density at radius 2 is 2.15 bits per heavy atom. The van der Waals surface area contributed by atoms with Gasteiger partial charge in [-0.1, -0.05) is 0 Å². The van der Waals surface area contributed by atoms with Crippen LogP contribution < -0.4 is 0 Å². The van der Waals surface area contributed by atoms with Crippen LogP contribution >= 0.6 is 11.3 Å². The van der Waals surface area contributed by atoms with E-state index in [0.717, 1.165) is 21.2 Å². The van der Waals surface area contributed by atoms with E-state index < -0.39 is 0 Å². The normalized spacial score (nSPS) is 10.9. The number of aryl methyl sites for hydroxylation is 1. The summed E-state index contributed by atoms with van der Waals surface area (Å²) < 4.78 is 0.856. The maximum atomic E-state index is 9.59. The van der Waals surface area contributed by atoms with Crippen LogP contribution in [0.5, 0.6) is 5.75 Å². The molecule has 0 unspecified atom stereocenters. The first kappa shape index (κ1) is 8.53. The predicted octanol–water partition coefficient (Wildman–Crippen LogP) is 2.41. The molecule has 1 aromatic carbocycles. The Morgan fingerprint density at radius 3 is 2.85 bits per heavy atom. The molecule has 3 heteroatoms. The molecule has 0 aliphatic carbocycles. The Kier molecular flexibility index (Phi) is 1.98. The molecule has 0 atom stereocenters. The van der Waals surface area contributed by atoms with E-state index in [1.165, 1.54) is 11.3 Å². The smallest absolute Gasteiger partial charge is 0.133 e. The topological polar surface area (TPSA) is 40.5 Å². The van der Waals surface area contributed by atoms with Crippen molar-refractivity contribution < 1.29 is 10.2 Å². The lowest BCUT2D eigenvalue weighted by atomic mass is 10.1. The van der Waals surface area contributed by atoms with Gasteiger partial charge in [-0.15, -0.1) is 11.3 Å². The SMILES string of the molecule is Cc1cc(O)c2scc(CO)c2c1. The fourth-order valence-corrected chi connectivity index (χ4v) is 2.39. The van der Waals surface area contributed by atoms with Crippen molar-refractivity contribution in [1.29, 1.82) is 0 Å². The van der Waals surface area contributed by atoms with E-state index in [2.05, 4.69) is 0 Å². The maximum Gasteiger partial charge on any atom is 0.133 e. The first-order valence-corrected chi connectivity index (χ1v) is 4.91. The molecule has 0 radical (unpaired) electrons. The standard InChI is InChI=1S/C10H10O2S/c1-6-2-8-7(4-11)5-13-10(8)9(12)3-6/h2-3,5,11-12H,4H2,1H3. The van der Waals surface area contributed by atoms with E-state index >= 15 is 0 Å². The van der Waals surface area contributed by atoms with E-state index in [-0.39, 0.29) is 6.61 Å². The van der Waals surface area contributed by atoms with Crippen molar-refractivity contribution in [2.24, 2.45) is 0 Å². The van der Waals surface area contributed by atoms with Gasteiger partial charge in [0.2, 0.25) is 0 Å². The van der Waals surface area contributed by atoms with Crippen molar-refractivity contribution in [3.63, 3.8) is 0 Å². The van der Waals surface area contributed by atoms with Gasteiger partial charge < -0.3 is 10.2 Å². The van der Waals surface area contributed by atoms with Crippen LogP contribution in [0, 0.1) is 6.92 Å². The molecule has 0 amide bonds. The van der Waals surface area contributed by atoms with E-state index in [9.17, 15) is 5.11 Å². The Labute approximate surface area is 80.1 Å². The van der Waals surface area contributed by atoms with Crippen LogP contribution in [0.3, 0.4) is 0 Å². The van der Waals surface area contributed by atoms with Gasteiger partial charge in [0.25, 0.3) is 0 Å². The molecule has 0 saturated heterocycles. The third-order valence-electron chi connectivity index (χ3n) is 2.05. The van der Waals surface area contributed by atoms with Gasteiger partial charge in [0.05, 0.1) is 11.3 Å². The molecule has 0 saturated carbocycles. The highest BCUT2D eigenvalue weighted by Crippen LogP contribution is 2.34. The second-order valence-corrected chi connectivity index (χ2v) is 3.96. The third kappa shape index (κ3) is 1.30. The molecule has 0 spiro atoms. The number of phenols is 1. The van der Waals surface area contributed by atoms with Crippen molar-refractivity contribution in [1.82, 2.24) is 0 Å². The van der Waals surface area contributed by atoms with Gasteiger partial charge in [-0.05, 0) is 35.6 Å². The van der Waals surface area contributed by atoms with Crippen LogP contribution in [-0.4, -0.2) is 10.2 Å². The minimum absolute atomic E-state index is 0.0306. The number of hydrogen-bond donors (Lipinski definition) is 2.